The van der Waals surface area contributed by atoms with Crippen molar-refractivity contribution in [1.29, 1.82) is 0 Å². The van der Waals surface area contributed by atoms with Crippen LogP contribution in [0.5, 0.6) is 5.75 Å². The molecular formula is C28H23ClF4O. The summed E-state index contributed by atoms with van der Waals surface area (Å²) in [4.78, 5) is 0. The summed E-state index contributed by atoms with van der Waals surface area (Å²) in [5.41, 5.74) is 2.13. The van der Waals surface area contributed by atoms with Crippen molar-refractivity contribution in [1.82, 2.24) is 0 Å². The SMILES string of the molecule is CCOc1cc(F)c(CCc2ccc3c(F)c(CCc4ccc(Cl)c(F)c4)ccc3c2)c(F)c1. The van der Waals surface area contributed by atoms with E-state index in [1.165, 1.54) is 24.3 Å². The van der Waals surface area contributed by atoms with Crippen molar-refractivity contribution in [3.05, 3.63) is 111 Å². The molecule has 0 aliphatic rings. The molecule has 0 radical (unpaired) electrons. The smallest absolute Gasteiger partial charge is 0.142 e. The second-order valence-corrected chi connectivity index (χ2v) is 8.55. The number of aryl methyl sites for hydroxylation is 3. The standard InChI is InChI=1S/C28H23ClF4O/c1-2-34-21-15-25(30)23(26(31)16-21)11-5-17-4-10-22-20(13-17)9-8-19(28(22)33)7-3-18-6-12-24(29)27(32)14-18/h4,6,8-10,12-16H,2-3,5,7,11H2,1H3. The summed E-state index contributed by atoms with van der Waals surface area (Å²) in [6.07, 6.45) is 1.48. The second kappa shape index (κ2) is 10.5. The molecular weight excluding hydrogens is 464 g/mol. The van der Waals surface area contributed by atoms with Crippen LogP contribution in [0.25, 0.3) is 10.8 Å². The summed E-state index contributed by atoms with van der Waals surface area (Å²) >= 11 is 5.71. The van der Waals surface area contributed by atoms with Crippen molar-refractivity contribution < 1.29 is 22.3 Å². The molecule has 4 aromatic carbocycles. The fraction of sp³-hybridized carbons (Fsp3) is 0.214. The summed E-state index contributed by atoms with van der Waals surface area (Å²) in [5.74, 6) is -1.92. The molecule has 4 rings (SSSR count). The molecule has 0 atom stereocenters. The average Bonchev–Trinajstić information content (AvgIpc) is 2.80. The highest BCUT2D eigenvalue weighted by molar-refractivity contribution is 6.30. The first-order valence-corrected chi connectivity index (χ1v) is 11.5. The number of benzene rings is 4. The van der Waals surface area contributed by atoms with Crippen LogP contribution in [-0.2, 0) is 25.7 Å². The van der Waals surface area contributed by atoms with Crippen LogP contribution in [0.2, 0.25) is 5.02 Å². The van der Waals surface area contributed by atoms with Gasteiger partial charge in [0.05, 0.1) is 11.6 Å². The number of rotatable bonds is 8. The highest BCUT2D eigenvalue weighted by Gasteiger charge is 2.13. The minimum Gasteiger partial charge on any atom is -0.494 e. The molecule has 0 aliphatic carbocycles. The van der Waals surface area contributed by atoms with E-state index in [1.54, 1.807) is 31.2 Å². The van der Waals surface area contributed by atoms with E-state index in [1.807, 2.05) is 12.1 Å². The maximum atomic E-state index is 15.1. The molecule has 0 spiro atoms. The Balaban J connectivity index is 1.48. The van der Waals surface area contributed by atoms with Crippen molar-refractivity contribution in [3.8, 4) is 5.75 Å². The van der Waals surface area contributed by atoms with Gasteiger partial charge in [0.2, 0.25) is 0 Å². The van der Waals surface area contributed by atoms with Gasteiger partial charge in [-0.3, -0.25) is 0 Å². The Morgan fingerprint density at radius 1 is 0.706 bits per heavy atom. The molecule has 0 aromatic heterocycles. The molecule has 1 nitrogen and oxygen atoms in total. The van der Waals surface area contributed by atoms with E-state index >= 15 is 4.39 Å². The monoisotopic (exact) mass is 486 g/mol. The normalized spacial score (nSPS) is 11.2. The topological polar surface area (TPSA) is 9.23 Å². The number of hydrogen-bond donors (Lipinski definition) is 0. The van der Waals surface area contributed by atoms with Crippen LogP contribution in [0.15, 0.2) is 60.7 Å². The van der Waals surface area contributed by atoms with Crippen molar-refractivity contribution >= 4 is 22.4 Å². The van der Waals surface area contributed by atoms with E-state index < -0.39 is 17.5 Å². The molecule has 0 saturated carbocycles. The molecule has 0 heterocycles. The van der Waals surface area contributed by atoms with Crippen LogP contribution in [0.1, 0.15) is 29.2 Å². The Kier molecular flexibility index (Phi) is 7.42. The van der Waals surface area contributed by atoms with E-state index in [0.29, 0.717) is 42.2 Å². The Morgan fingerprint density at radius 2 is 1.38 bits per heavy atom. The van der Waals surface area contributed by atoms with Gasteiger partial charge in [0.15, 0.2) is 0 Å². The lowest BCUT2D eigenvalue weighted by molar-refractivity contribution is 0.335. The van der Waals surface area contributed by atoms with Gasteiger partial charge in [-0.2, -0.15) is 0 Å². The highest BCUT2D eigenvalue weighted by atomic mass is 35.5. The molecule has 0 aliphatic heterocycles. The highest BCUT2D eigenvalue weighted by Crippen LogP contribution is 2.26. The van der Waals surface area contributed by atoms with Crippen LogP contribution in [-0.4, -0.2) is 6.61 Å². The van der Waals surface area contributed by atoms with Gasteiger partial charge in [0, 0.05) is 23.1 Å². The summed E-state index contributed by atoms with van der Waals surface area (Å²) < 4.78 is 62.6. The molecule has 176 valence electrons. The zero-order valence-corrected chi connectivity index (χ0v) is 19.4. The fourth-order valence-corrected chi connectivity index (χ4v) is 4.16. The van der Waals surface area contributed by atoms with Crippen LogP contribution in [0.3, 0.4) is 0 Å². The minimum absolute atomic E-state index is 0.00344. The van der Waals surface area contributed by atoms with Gasteiger partial charge in [0.1, 0.15) is 29.0 Å². The number of ether oxygens (including phenoxy) is 1. The van der Waals surface area contributed by atoms with Gasteiger partial charge in [0.25, 0.3) is 0 Å². The third-order valence-corrected chi connectivity index (χ3v) is 6.16. The maximum Gasteiger partial charge on any atom is 0.142 e. The maximum absolute atomic E-state index is 15.1. The Hall–Kier alpha value is -3.05. The number of hydrogen-bond acceptors (Lipinski definition) is 1. The van der Waals surface area contributed by atoms with Gasteiger partial charge in [-0.05, 0) is 66.8 Å². The minimum atomic E-state index is -0.638. The molecule has 0 bridgehead atoms. The molecule has 0 unspecified atom stereocenters. The molecule has 6 heteroatoms. The molecule has 0 N–H and O–H groups in total. The van der Waals surface area contributed by atoms with Crippen LogP contribution < -0.4 is 4.74 Å². The zero-order valence-electron chi connectivity index (χ0n) is 18.6. The third kappa shape index (κ3) is 5.36. The van der Waals surface area contributed by atoms with E-state index in [0.717, 1.165) is 11.1 Å². The lowest BCUT2D eigenvalue weighted by atomic mass is 9.97. The van der Waals surface area contributed by atoms with Gasteiger partial charge >= 0.3 is 0 Å². The first-order chi connectivity index (χ1) is 16.4. The van der Waals surface area contributed by atoms with E-state index in [4.69, 9.17) is 16.3 Å². The zero-order chi connectivity index (χ0) is 24.2. The molecule has 0 amide bonds. The number of fused-ring (bicyclic) bond motifs is 1. The molecule has 4 aromatic rings. The average molecular weight is 487 g/mol. The van der Waals surface area contributed by atoms with Crippen molar-refractivity contribution in [3.63, 3.8) is 0 Å². The van der Waals surface area contributed by atoms with E-state index in [9.17, 15) is 13.2 Å². The van der Waals surface area contributed by atoms with Crippen LogP contribution in [0, 0.1) is 23.3 Å². The van der Waals surface area contributed by atoms with Crippen molar-refractivity contribution in [2.45, 2.75) is 32.6 Å². The van der Waals surface area contributed by atoms with E-state index in [-0.39, 0.29) is 28.6 Å². The Labute approximate surface area is 200 Å². The van der Waals surface area contributed by atoms with Crippen LogP contribution >= 0.6 is 11.6 Å². The summed E-state index contributed by atoms with van der Waals surface area (Å²) in [6, 6.07) is 15.8. The summed E-state index contributed by atoms with van der Waals surface area (Å²) in [6.45, 7) is 2.07. The fourth-order valence-electron chi connectivity index (χ4n) is 4.05. The first kappa shape index (κ1) is 24.1. The molecule has 0 fully saturated rings. The van der Waals surface area contributed by atoms with Crippen LogP contribution in [0.4, 0.5) is 17.6 Å². The first-order valence-electron chi connectivity index (χ1n) is 11.1. The predicted octanol–water partition coefficient (Wildman–Crippen LogP) is 8.02. The second-order valence-electron chi connectivity index (χ2n) is 8.14. The largest absolute Gasteiger partial charge is 0.494 e. The summed E-state index contributed by atoms with van der Waals surface area (Å²) in [5, 5.41) is 1.25. The van der Waals surface area contributed by atoms with Gasteiger partial charge < -0.3 is 4.74 Å². The van der Waals surface area contributed by atoms with E-state index in [2.05, 4.69) is 0 Å². The molecule has 0 saturated heterocycles. The Bertz CT molecular complexity index is 1310. The lowest BCUT2D eigenvalue weighted by Gasteiger charge is -2.11. The van der Waals surface area contributed by atoms with Gasteiger partial charge in [-0.1, -0.05) is 48.0 Å². The molecule has 34 heavy (non-hydrogen) atoms. The van der Waals surface area contributed by atoms with Gasteiger partial charge in [-0.15, -0.1) is 0 Å². The number of halogens is 5. The summed E-state index contributed by atoms with van der Waals surface area (Å²) in [7, 11) is 0. The lowest BCUT2D eigenvalue weighted by Crippen LogP contribution is -2.01. The Morgan fingerprint density at radius 3 is 2.09 bits per heavy atom. The van der Waals surface area contributed by atoms with Crippen molar-refractivity contribution in [2.75, 3.05) is 6.61 Å². The van der Waals surface area contributed by atoms with Crippen molar-refractivity contribution in [2.24, 2.45) is 0 Å². The quantitative estimate of drug-likeness (QED) is 0.229. The third-order valence-electron chi connectivity index (χ3n) is 5.85. The predicted molar refractivity (Wildman–Crippen MR) is 128 cm³/mol. The van der Waals surface area contributed by atoms with Gasteiger partial charge in [-0.25, -0.2) is 17.6 Å².